The van der Waals surface area contributed by atoms with Crippen LogP contribution < -0.4 is 0 Å². The van der Waals surface area contributed by atoms with Crippen molar-refractivity contribution >= 4 is 5.97 Å². The maximum atomic E-state index is 10.5. The van der Waals surface area contributed by atoms with E-state index in [0.29, 0.717) is 24.0 Å². The molecule has 3 nitrogen and oxygen atoms in total. The van der Waals surface area contributed by atoms with Crippen molar-refractivity contribution < 1.29 is 9.90 Å². The van der Waals surface area contributed by atoms with Crippen LogP contribution in [0.3, 0.4) is 0 Å². The first-order valence-corrected chi connectivity index (χ1v) is 4.64. The Morgan fingerprint density at radius 2 is 1.92 bits per heavy atom. The second-order valence-electron chi connectivity index (χ2n) is 4.06. The number of hydrogen-bond donors (Lipinski definition) is 1. The molecule has 1 fully saturated rings. The number of aliphatic carboxylic acids is 1. The lowest BCUT2D eigenvalue weighted by molar-refractivity contribution is -0.132. The number of likely N-dealkylation sites (tertiary alicyclic amines) is 1. The molecule has 13 heavy (non-hydrogen) atoms. The van der Waals surface area contributed by atoms with Crippen molar-refractivity contribution in [2.75, 3.05) is 19.6 Å². The van der Waals surface area contributed by atoms with E-state index in [1.165, 1.54) is 0 Å². The molecular weight excluding hydrogens is 166 g/mol. The predicted molar refractivity (Wildman–Crippen MR) is 51.5 cm³/mol. The van der Waals surface area contributed by atoms with E-state index < -0.39 is 5.97 Å². The third-order valence-corrected chi connectivity index (χ3v) is 2.78. The van der Waals surface area contributed by atoms with E-state index in [1.807, 2.05) is 0 Å². The number of hydrogen-bond acceptors (Lipinski definition) is 2. The SMILES string of the molecule is C=C(CN1CC(C)C(C)C1)C(=O)O. The van der Waals surface area contributed by atoms with Crippen molar-refractivity contribution in [2.24, 2.45) is 11.8 Å². The molecule has 0 aliphatic carbocycles. The number of nitrogens with zero attached hydrogens (tertiary/aromatic N) is 1. The van der Waals surface area contributed by atoms with Crippen LogP contribution in [-0.4, -0.2) is 35.6 Å². The van der Waals surface area contributed by atoms with Crippen LogP contribution in [0.25, 0.3) is 0 Å². The van der Waals surface area contributed by atoms with Crippen LogP contribution in [0.2, 0.25) is 0 Å². The topological polar surface area (TPSA) is 40.5 Å². The van der Waals surface area contributed by atoms with Gasteiger partial charge in [-0.05, 0) is 11.8 Å². The molecule has 1 aliphatic rings. The highest BCUT2D eigenvalue weighted by atomic mass is 16.4. The van der Waals surface area contributed by atoms with E-state index in [9.17, 15) is 4.79 Å². The summed E-state index contributed by atoms with van der Waals surface area (Å²) in [6, 6.07) is 0. The van der Waals surface area contributed by atoms with Gasteiger partial charge in [0.25, 0.3) is 0 Å². The van der Waals surface area contributed by atoms with Crippen LogP contribution in [-0.2, 0) is 4.79 Å². The number of carbonyl (C=O) groups is 1. The first-order chi connectivity index (χ1) is 6.00. The van der Waals surface area contributed by atoms with Crippen LogP contribution >= 0.6 is 0 Å². The fraction of sp³-hybridized carbons (Fsp3) is 0.700. The molecule has 0 aromatic rings. The van der Waals surface area contributed by atoms with Crippen LogP contribution in [0.15, 0.2) is 12.2 Å². The van der Waals surface area contributed by atoms with Crippen molar-refractivity contribution in [3.63, 3.8) is 0 Å². The molecule has 1 saturated heterocycles. The monoisotopic (exact) mass is 183 g/mol. The molecule has 0 aromatic heterocycles. The normalized spacial score (nSPS) is 29.1. The van der Waals surface area contributed by atoms with Gasteiger partial charge >= 0.3 is 5.97 Å². The summed E-state index contributed by atoms with van der Waals surface area (Å²) in [5.74, 6) is 0.454. The van der Waals surface area contributed by atoms with E-state index in [-0.39, 0.29) is 0 Å². The zero-order valence-electron chi connectivity index (χ0n) is 8.29. The zero-order valence-corrected chi connectivity index (χ0v) is 8.29. The second kappa shape index (κ2) is 3.92. The Bertz CT molecular complexity index is 215. The van der Waals surface area contributed by atoms with Gasteiger partial charge in [-0.15, -0.1) is 0 Å². The summed E-state index contributed by atoms with van der Waals surface area (Å²) >= 11 is 0. The fourth-order valence-corrected chi connectivity index (χ4v) is 1.72. The average molecular weight is 183 g/mol. The minimum Gasteiger partial charge on any atom is -0.478 e. The van der Waals surface area contributed by atoms with Crippen LogP contribution in [0, 0.1) is 11.8 Å². The first-order valence-electron chi connectivity index (χ1n) is 4.64. The van der Waals surface area contributed by atoms with Crippen molar-refractivity contribution in [3.8, 4) is 0 Å². The summed E-state index contributed by atoms with van der Waals surface area (Å²) in [7, 11) is 0. The van der Waals surface area contributed by atoms with Gasteiger partial charge < -0.3 is 5.11 Å². The number of carboxylic acids is 1. The van der Waals surface area contributed by atoms with Crippen LogP contribution in [0.5, 0.6) is 0 Å². The maximum Gasteiger partial charge on any atom is 0.332 e. The largest absolute Gasteiger partial charge is 0.478 e. The minimum absolute atomic E-state index is 0.293. The van der Waals surface area contributed by atoms with Crippen molar-refractivity contribution in [3.05, 3.63) is 12.2 Å². The Morgan fingerprint density at radius 3 is 2.31 bits per heavy atom. The van der Waals surface area contributed by atoms with E-state index in [1.54, 1.807) is 0 Å². The first kappa shape index (κ1) is 10.3. The van der Waals surface area contributed by atoms with Gasteiger partial charge in [-0.2, -0.15) is 0 Å². The molecule has 1 aliphatic heterocycles. The van der Waals surface area contributed by atoms with Gasteiger partial charge in [0, 0.05) is 25.2 Å². The van der Waals surface area contributed by atoms with Crippen molar-refractivity contribution in [2.45, 2.75) is 13.8 Å². The Balaban J connectivity index is 2.40. The quantitative estimate of drug-likeness (QED) is 0.669. The van der Waals surface area contributed by atoms with Crippen LogP contribution in [0.1, 0.15) is 13.8 Å². The minimum atomic E-state index is -0.882. The van der Waals surface area contributed by atoms with Gasteiger partial charge in [0.2, 0.25) is 0 Å². The average Bonchev–Trinajstić information content (AvgIpc) is 2.31. The van der Waals surface area contributed by atoms with E-state index >= 15 is 0 Å². The molecule has 1 rings (SSSR count). The molecule has 3 heteroatoms. The van der Waals surface area contributed by atoms with E-state index in [2.05, 4.69) is 25.3 Å². The number of carboxylic acid groups (broad SMARTS) is 1. The smallest absolute Gasteiger partial charge is 0.332 e. The molecule has 0 saturated carbocycles. The van der Waals surface area contributed by atoms with Gasteiger partial charge in [0.05, 0.1) is 0 Å². The molecule has 0 radical (unpaired) electrons. The molecular formula is C10H17NO2. The van der Waals surface area contributed by atoms with Gasteiger partial charge in [-0.25, -0.2) is 4.79 Å². The molecule has 0 bridgehead atoms. The standard InChI is InChI=1S/C10H17NO2/c1-7-4-11(5-8(7)2)6-9(3)10(12)13/h7-8H,3-6H2,1-2H3,(H,12,13). The highest BCUT2D eigenvalue weighted by Gasteiger charge is 2.26. The molecule has 0 spiro atoms. The van der Waals surface area contributed by atoms with Crippen molar-refractivity contribution in [1.29, 1.82) is 0 Å². The van der Waals surface area contributed by atoms with Gasteiger partial charge in [0.1, 0.15) is 0 Å². The summed E-state index contributed by atoms with van der Waals surface area (Å²) in [5, 5.41) is 8.65. The summed E-state index contributed by atoms with van der Waals surface area (Å²) in [6.45, 7) is 10.4. The lowest BCUT2D eigenvalue weighted by Gasteiger charge is -2.14. The number of rotatable bonds is 3. The molecule has 2 atom stereocenters. The summed E-state index contributed by atoms with van der Waals surface area (Å²) in [6.07, 6.45) is 0. The Hall–Kier alpha value is -0.830. The maximum absolute atomic E-state index is 10.5. The van der Waals surface area contributed by atoms with E-state index in [4.69, 9.17) is 5.11 Å². The molecule has 2 unspecified atom stereocenters. The summed E-state index contributed by atoms with van der Waals surface area (Å²) < 4.78 is 0. The lowest BCUT2D eigenvalue weighted by Crippen LogP contribution is -2.25. The highest BCUT2D eigenvalue weighted by Crippen LogP contribution is 2.22. The van der Waals surface area contributed by atoms with E-state index in [0.717, 1.165) is 13.1 Å². The molecule has 0 aromatic carbocycles. The Morgan fingerprint density at radius 1 is 1.46 bits per heavy atom. The second-order valence-corrected chi connectivity index (χ2v) is 4.06. The summed E-state index contributed by atoms with van der Waals surface area (Å²) in [5.41, 5.74) is 0.293. The van der Waals surface area contributed by atoms with Gasteiger partial charge in [0.15, 0.2) is 0 Å². The third-order valence-electron chi connectivity index (χ3n) is 2.78. The predicted octanol–water partition coefficient (Wildman–Crippen LogP) is 1.21. The van der Waals surface area contributed by atoms with Crippen LogP contribution in [0.4, 0.5) is 0 Å². The molecule has 74 valence electrons. The Kier molecular flexibility index (Phi) is 3.09. The summed E-state index contributed by atoms with van der Waals surface area (Å²) in [4.78, 5) is 12.7. The van der Waals surface area contributed by atoms with Gasteiger partial charge in [-0.3, -0.25) is 4.90 Å². The molecule has 1 N–H and O–H groups in total. The zero-order chi connectivity index (χ0) is 10.0. The van der Waals surface area contributed by atoms with Crippen molar-refractivity contribution in [1.82, 2.24) is 4.90 Å². The Labute approximate surface area is 79.0 Å². The van der Waals surface area contributed by atoms with Gasteiger partial charge in [-0.1, -0.05) is 20.4 Å². The lowest BCUT2D eigenvalue weighted by atomic mass is 10.0. The fourth-order valence-electron chi connectivity index (χ4n) is 1.72. The highest BCUT2D eigenvalue weighted by molar-refractivity contribution is 5.86. The third kappa shape index (κ3) is 2.56. The molecule has 1 heterocycles. The molecule has 0 amide bonds.